The van der Waals surface area contributed by atoms with Gasteiger partial charge < -0.3 is 20.0 Å². The van der Waals surface area contributed by atoms with Gasteiger partial charge in [-0.2, -0.15) is 10.2 Å². The van der Waals surface area contributed by atoms with Crippen molar-refractivity contribution in [3.8, 4) is 23.0 Å². The summed E-state index contributed by atoms with van der Waals surface area (Å²) in [4.78, 5) is 73.2. The van der Waals surface area contributed by atoms with Crippen molar-refractivity contribution in [3.05, 3.63) is 88.5 Å². The van der Waals surface area contributed by atoms with Crippen molar-refractivity contribution in [3.63, 3.8) is 0 Å². The Balaban J connectivity index is 0.879. The number of hydrogen-bond donors (Lipinski definition) is 2. The van der Waals surface area contributed by atoms with E-state index in [2.05, 4.69) is 42.1 Å². The van der Waals surface area contributed by atoms with Gasteiger partial charge in [0.05, 0.1) is 29.9 Å². The molecule has 2 aromatic carbocycles. The van der Waals surface area contributed by atoms with Crippen molar-refractivity contribution >= 4 is 51.9 Å². The number of nitrogens with zero attached hydrogens (tertiary/aromatic N) is 8. The lowest BCUT2D eigenvalue weighted by atomic mass is 9.92. The quantitative estimate of drug-likeness (QED) is 0.156. The van der Waals surface area contributed by atoms with Gasteiger partial charge in [0.2, 0.25) is 23.6 Å². The monoisotopic (exact) mass is 870 g/mol. The summed E-state index contributed by atoms with van der Waals surface area (Å²) in [5.74, 6) is 5.57. The molecule has 5 aromatic rings. The number of likely N-dealkylation sites (tertiary alicyclic amines) is 1. The second kappa shape index (κ2) is 17.7. The summed E-state index contributed by atoms with van der Waals surface area (Å²) in [6.45, 7) is 4.19. The molecule has 2 saturated heterocycles. The summed E-state index contributed by atoms with van der Waals surface area (Å²) in [5.41, 5.74) is 6.08. The number of pyridine rings is 1. The van der Waals surface area contributed by atoms with Crippen molar-refractivity contribution in [1.29, 1.82) is 0 Å². The maximum atomic E-state index is 14.7. The first-order chi connectivity index (χ1) is 30.9. The lowest BCUT2D eigenvalue weighted by Crippen LogP contribution is -2.52. The summed E-state index contributed by atoms with van der Waals surface area (Å²) in [6.07, 6.45) is 6.70. The molecular weight excluding hydrogens is 823 g/mol. The number of anilines is 2. The van der Waals surface area contributed by atoms with Crippen LogP contribution in [0, 0.1) is 11.8 Å². The van der Waals surface area contributed by atoms with Crippen molar-refractivity contribution in [2.45, 2.75) is 89.8 Å². The second-order valence-electron chi connectivity index (χ2n) is 16.9. The second-order valence-corrected chi connectivity index (χ2v) is 16.9. The summed E-state index contributed by atoms with van der Waals surface area (Å²) in [5, 5.41) is 15.1. The number of carbonyl (C=O) groups excluding carboxylic acids is 5. The zero-order valence-corrected chi connectivity index (χ0v) is 35.7. The van der Waals surface area contributed by atoms with Gasteiger partial charge in [0.15, 0.2) is 5.82 Å². The molecule has 1 atom stereocenters. The molecule has 15 nitrogen and oxygen atoms in total. The molecule has 64 heavy (non-hydrogen) atoms. The van der Waals surface area contributed by atoms with E-state index >= 15 is 0 Å². The van der Waals surface area contributed by atoms with Gasteiger partial charge in [0.1, 0.15) is 6.04 Å². The molecule has 2 N–H and O–H groups in total. The normalized spacial score (nSPS) is 17.8. The van der Waals surface area contributed by atoms with Gasteiger partial charge in [-0.15, -0.1) is 0 Å². The van der Waals surface area contributed by atoms with E-state index in [1.165, 1.54) is 0 Å². The average molecular weight is 871 g/mol. The van der Waals surface area contributed by atoms with Crippen LogP contribution < -0.4 is 15.5 Å². The van der Waals surface area contributed by atoms with E-state index in [1.54, 1.807) is 61.5 Å². The van der Waals surface area contributed by atoms with E-state index in [9.17, 15) is 32.8 Å². The Morgan fingerprint density at radius 1 is 1.00 bits per heavy atom. The first-order valence-electron chi connectivity index (χ1n) is 21.8. The molecule has 330 valence electrons. The smallest absolute Gasteiger partial charge is 0.264 e. The molecule has 4 aliphatic rings. The van der Waals surface area contributed by atoms with Gasteiger partial charge in [0, 0.05) is 117 Å². The van der Waals surface area contributed by atoms with Gasteiger partial charge in [-0.1, -0.05) is 11.8 Å². The van der Waals surface area contributed by atoms with Gasteiger partial charge in [-0.05, 0) is 79.6 Å². The molecule has 0 saturated carbocycles. The Bertz CT molecular complexity index is 2760. The lowest BCUT2D eigenvalue weighted by Gasteiger charge is -2.34. The van der Waals surface area contributed by atoms with Crippen LogP contribution in [0.3, 0.4) is 0 Å². The van der Waals surface area contributed by atoms with Gasteiger partial charge in [-0.3, -0.25) is 43.6 Å². The lowest BCUT2D eigenvalue weighted by molar-refractivity contribution is -0.135. The number of aryl methyl sites for hydroxylation is 2. The van der Waals surface area contributed by atoms with Crippen LogP contribution >= 0.6 is 0 Å². The maximum Gasteiger partial charge on any atom is 0.264 e. The van der Waals surface area contributed by atoms with Crippen LogP contribution in [0.1, 0.15) is 103 Å². The standard InChI is InChI=1S/C47H48F2N10O5/c1-28(60)57-22-17-39-37(27-57)45(58-19-6-8-30-23-35(31-25-51-55(2)26-31)36(44(48)49)24-40(30)58)54-59(39)32-15-20-56(21-16-32)42(62)10-4-3-7-29-11-12-34(43-33(29)9-5-18-50-43)46(63)52-38-13-14-41(61)53-47(38)64/h5,9,11-12,18,23-26,32,38,44H,4,6,8,10,13-17,19-22,27H2,1-2H3,(H,52,63)(H,53,61,64). The highest BCUT2D eigenvalue weighted by atomic mass is 19.3. The predicted octanol–water partition coefficient (Wildman–Crippen LogP) is 5.29. The molecular formula is C47H48F2N10O5. The number of hydrogen-bond acceptors (Lipinski definition) is 9. The largest absolute Gasteiger partial charge is 0.343 e. The Labute approximate surface area is 368 Å². The van der Waals surface area contributed by atoms with E-state index in [0.717, 1.165) is 29.7 Å². The number of nitrogens with one attached hydrogen (secondary N) is 2. The highest BCUT2D eigenvalue weighted by Gasteiger charge is 2.35. The minimum Gasteiger partial charge on any atom is -0.343 e. The summed E-state index contributed by atoms with van der Waals surface area (Å²) >= 11 is 0. The first kappa shape index (κ1) is 42.3. The molecule has 17 heteroatoms. The van der Waals surface area contributed by atoms with E-state index < -0.39 is 24.3 Å². The number of imide groups is 1. The molecule has 4 aliphatic heterocycles. The molecule has 7 heterocycles. The van der Waals surface area contributed by atoms with Crippen LogP contribution in [0.5, 0.6) is 0 Å². The Morgan fingerprint density at radius 2 is 1.83 bits per heavy atom. The molecule has 0 radical (unpaired) electrons. The van der Waals surface area contributed by atoms with Crippen LogP contribution in [-0.2, 0) is 45.6 Å². The molecule has 0 spiro atoms. The third-order valence-corrected chi connectivity index (χ3v) is 12.8. The Kier molecular flexibility index (Phi) is 11.7. The fourth-order valence-corrected chi connectivity index (χ4v) is 9.45. The minimum atomic E-state index is -2.70. The highest BCUT2D eigenvalue weighted by molar-refractivity contribution is 6.09. The third kappa shape index (κ3) is 8.31. The molecule has 3 aromatic heterocycles. The van der Waals surface area contributed by atoms with Gasteiger partial charge >= 0.3 is 0 Å². The number of piperidine rings is 2. The fraction of sp³-hybridized carbons (Fsp3) is 0.404. The maximum absolute atomic E-state index is 14.7. The van der Waals surface area contributed by atoms with E-state index in [1.807, 2.05) is 21.9 Å². The van der Waals surface area contributed by atoms with Crippen LogP contribution in [0.4, 0.5) is 20.3 Å². The molecule has 9 rings (SSSR count). The van der Waals surface area contributed by atoms with Crippen LogP contribution in [0.2, 0.25) is 0 Å². The molecule has 0 bridgehead atoms. The number of benzene rings is 2. The molecule has 2 fully saturated rings. The zero-order valence-electron chi connectivity index (χ0n) is 35.7. The topological polar surface area (TPSA) is 168 Å². The molecule has 1 unspecified atom stereocenters. The van der Waals surface area contributed by atoms with Gasteiger partial charge in [-0.25, -0.2) is 8.78 Å². The number of carbonyl (C=O) groups is 5. The SMILES string of the molecule is CC(=O)N1CCc2c(c(N3CCCc4cc(-c5cnn(C)c5)c(C(F)F)cc43)nn2C2CCN(C(=O)CCC#Cc3ccc(C(=O)NC4CCC(=O)NC4=O)c4ncccc34)CC2)C1. The minimum absolute atomic E-state index is 0.00504. The number of amides is 5. The third-order valence-electron chi connectivity index (χ3n) is 12.8. The van der Waals surface area contributed by atoms with Crippen LogP contribution in [-0.4, -0.2) is 96.1 Å². The van der Waals surface area contributed by atoms with Crippen molar-refractivity contribution in [2.75, 3.05) is 31.1 Å². The fourth-order valence-electron chi connectivity index (χ4n) is 9.45. The van der Waals surface area contributed by atoms with Crippen molar-refractivity contribution in [1.82, 2.24) is 45.0 Å². The van der Waals surface area contributed by atoms with Gasteiger partial charge in [0.25, 0.3) is 12.3 Å². The summed E-state index contributed by atoms with van der Waals surface area (Å²) < 4.78 is 33.1. The molecule has 5 amide bonds. The Hall–Kier alpha value is -6.96. The zero-order chi connectivity index (χ0) is 44.6. The highest BCUT2D eigenvalue weighted by Crippen LogP contribution is 2.44. The summed E-state index contributed by atoms with van der Waals surface area (Å²) in [6, 6.07) is 9.58. The number of alkyl halides is 2. The number of fused-ring (bicyclic) bond motifs is 3. The van der Waals surface area contributed by atoms with E-state index in [4.69, 9.17) is 5.10 Å². The van der Waals surface area contributed by atoms with E-state index in [0.29, 0.717) is 97.5 Å². The van der Waals surface area contributed by atoms with Crippen molar-refractivity contribution < 1.29 is 32.8 Å². The number of halogens is 2. The number of aromatic nitrogens is 5. The molecule has 0 aliphatic carbocycles. The van der Waals surface area contributed by atoms with Crippen LogP contribution in [0.25, 0.3) is 22.0 Å². The average Bonchev–Trinajstić information content (AvgIpc) is 3.91. The van der Waals surface area contributed by atoms with Crippen LogP contribution in [0.15, 0.2) is 55.0 Å². The number of rotatable bonds is 8. The Morgan fingerprint density at radius 3 is 2.58 bits per heavy atom. The predicted molar refractivity (Wildman–Crippen MR) is 232 cm³/mol. The van der Waals surface area contributed by atoms with Crippen molar-refractivity contribution in [2.24, 2.45) is 7.05 Å². The van der Waals surface area contributed by atoms with E-state index in [-0.39, 0.29) is 54.2 Å². The first-order valence-corrected chi connectivity index (χ1v) is 21.8. The summed E-state index contributed by atoms with van der Waals surface area (Å²) in [7, 11) is 1.76.